The minimum atomic E-state index is -3.84. The average Bonchev–Trinajstić information content (AvgIpc) is 2.77. The first kappa shape index (κ1) is 22.7. The number of nitrogens with two attached hydrogens (primary N) is 1. The predicted octanol–water partition coefficient (Wildman–Crippen LogP) is 3.60. The van der Waals surface area contributed by atoms with Crippen LogP contribution in [-0.4, -0.2) is 14.3 Å². The summed E-state index contributed by atoms with van der Waals surface area (Å²) in [5, 5.41) is 16.9. The molecule has 0 atom stereocenters. The Labute approximate surface area is 184 Å². The van der Waals surface area contributed by atoms with Gasteiger partial charge in [0, 0.05) is 5.69 Å². The van der Waals surface area contributed by atoms with Crippen LogP contribution in [0.3, 0.4) is 0 Å². The van der Waals surface area contributed by atoms with Gasteiger partial charge in [0.15, 0.2) is 0 Å². The lowest BCUT2D eigenvalue weighted by Gasteiger charge is -2.07. The van der Waals surface area contributed by atoms with Gasteiger partial charge in [0.1, 0.15) is 29.8 Å². The van der Waals surface area contributed by atoms with Crippen molar-refractivity contribution in [1.82, 2.24) is 0 Å². The molecule has 0 fully saturated rings. The number of carbonyl (C=O) groups excluding carboxylic acids is 1. The van der Waals surface area contributed by atoms with Crippen LogP contribution < -0.4 is 15.2 Å². The zero-order valence-electron chi connectivity index (χ0n) is 16.7. The first-order valence-electron chi connectivity index (χ1n) is 9.28. The Kier molecular flexibility index (Phi) is 7.00. The molecule has 0 saturated heterocycles. The van der Waals surface area contributed by atoms with Crippen LogP contribution in [0.5, 0.6) is 5.75 Å². The number of hydrogen-bond acceptors (Lipinski definition) is 5. The second-order valence-corrected chi connectivity index (χ2v) is 8.24. The first-order valence-corrected chi connectivity index (χ1v) is 10.8. The molecule has 162 valence electrons. The van der Waals surface area contributed by atoms with E-state index in [0.29, 0.717) is 17.0 Å². The fraction of sp³-hybridized carbons (Fsp3) is 0.0435. The molecule has 0 heterocycles. The van der Waals surface area contributed by atoms with E-state index in [1.165, 1.54) is 42.5 Å². The highest BCUT2D eigenvalue weighted by molar-refractivity contribution is 7.89. The van der Waals surface area contributed by atoms with E-state index in [0.717, 1.165) is 5.56 Å². The van der Waals surface area contributed by atoms with Crippen LogP contribution in [0.25, 0.3) is 6.08 Å². The molecule has 1 amide bonds. The van der Waals surface area contributed by atoms with Crippen LogP contribution in [0.2, 0.25) is 0 Å². The van der Waals surface area contributed by atoms with Crippen molar-refractivity contribution in [2.45, 2.75) is 11.5 Å². The summed E-state index contributed by atoms with van der Waals surface area (Å²) in [6.45, 7) is 0.269. The number of primary sulfonamides is 1. The Morgan fingerprint density at radius 1 is 1.03 bits per heavy atom. The molecular weight excluding hydrogens is 433 g/mol. The third kappa shape index (κ3) is 6.25. The van der Waals surface area contributed by atoms with E-state index in [-0.39, 0.29) is 22.9 Å². The lowest BCUT2D eigenvalue weighted by atomic mass is 10.1. The number of halogens is 1. The van der Waals surface area contributed by atoms with Gasteiger partial charge in [-0.1, -0.05) is 24.3 Å². The lowest BCUT2D eigenvalue weighted by Crippen LogP contribution is -2.14. The van der Waals surface area contributed by atoms with Gasteiger partial charge in [-0.15, -0.1) is 0 Å². The number of hydrogen-bond donors (Lipinski definition) is 2. The molecule has 0 aliphatic rings. The lowest BCUT2D eigenvalue weighted by molar-refractivity contribution is -0.112. The third-order valence-corrected chi connectivity index (χ3v) is 5.24. The van der Waals surface area contributed by atoms with Gasteiger partial charge < -0.3 is 10.1 Å². The largest absolute Gasteiger partial charge is 0.489 e. The van der Waals surface area contributed by atoms with Crippen molar-refractivity contribution in [2.24, 2.45) is 5.14 Å². The quantitative estimate of drug-likeness (QED) is 0.420. The smallest absolute Gasteiger partial charge is 0.266 e. The molecule has 3 rings (SSSR count). The van der Waals surface area contributed by atoms with Gasteiger partial charge in [-0.05, 0) is 65.7 Å². The number of sulfonamides is 1. The van der Waals surface area contributed by atoms with Gasteiger partial charge in [0.25, 0.3) is 5.91 Å². The number of nitriles is 1. The van der Waals surface area contributed by atoms with Crippen LogP contribution in [0.4, 0.5) is 10.1 Å². The van der Waals surface area contributed by atoms with Crippen molar-refractivity contribution in [2.75, 3.05) is 5.32 Å². The average molecular weight is 451 g/mol. The number of anilines is 1. The summed E-state index contributed by atoms with van der Waals surface area (Å²) in [7, 11) is -3.84. The molecule has 9 heteroatoms. The van der Waals surface area contributed by atoms with Gasteiger partial charge in [-0.2, -0.15) is 5.26 Å². The van der Waals surface area contributed by atoms with Crippen molar-refractivity contribution in [3.63, 3.8) is 0 Å². The van der Waals surface area contributed by atoms with Crippen molar-refractivity contribution in [3.05, 3.63) is 95.3 Å². The molecule has 3 N–H and O–H groups in total. The van der Waals surface area contributed by atoms with E-state index < -0.39 is 15.9 Å². The van der Waals surface area contributed by atoms with E-state index in [1.54, 1.807) is 36.4 Å². The molecule has 0 aliphatic carbocycles. The molecule has 0 bridgehead atoms. The van der Waals surface area contributed by atoms with Crippen LogP contribution in [-0.2, 0) is 21.4 Å². The number of ether oxygens (including phenoxy) is 1. The highest BCUT2D eigenvalue weighted by Crippen LogP contribution is 2.18. The predicted molar refractivity (Wildman–Crippen MR) is 117 cm³/mol. The molecule has 3 aromatic carbocycles. The monoisotopic (exact) mass is 451 g/mol. The fourth-order valence-electron chi connectivity index (χ4n) is 2.65. The third-order valence-electron chi connectivity index (χ3n) is 4.32. The van der Waals surface area contributed by atoms with Crippen LogP contribution >= 0.6 is 0 Å². The van der Waals surface area contributed by atoms with Crippen LogP contribution in [0.15, 0.2) is 83.3 Å². The second-order valence-electron chi connectivity index (χ2n) is 6.68. The number of rotatable bonds is 7. The van der Waals surface area contributed by atoms with Crippen molar-refractivity contribution in [1.29, 1.82) is 5.26 Å². The molecular formula is C23H18FN3O4S. The summed E-state index contributed by atoms with van der Waals surface area (Å²) < 4.78 is 41.2. The summed E-state index contributed by atoms with van der Waals surface area (Å²) in [6.07, 6.45) is 1.41. The molecule has 0 spiro atoms. The topological polar surface area (TPSA) is 122 Å². The highest BCUT2D eigenvalue weighted by atomic mass is 32.2. The zero-order chi connectivity index (χ0) is 23.1. The van der Waals surface area contributed by atoms with Gasteiger partial charge in [-0.3, -0.25) is 4.79 Å². The Bertz CT molecular complexity index is 1280. The van der Waals surface area contributed by atoms with E-state index >= 15 is 0 Å². The molecule has 32 heavy (non-hydrogen) atoms. The number of carbonyl (C=O) groups is 1. The molecule has 3 aromatic rings. The van der Waals surface area contributed by atoms with Gasteiger partial charge in [-0.25, -0.2) is 17.9 Å². The van der Waals surface area contributed by atoms with Gasteiger partial charge in [0.2, 0.25) is 10.0 Å². The van der Waals surface area contributed by atoms with Crippen molar-refractivity contribution in [3.8, 4) is 11.8 Å². The number of nitrogens with one attached hydrogen (secondary N) is 1. The standard InChI is InChI=1S/C23H18FN3O4S/c24-19-5-1-17(2-6-19)15-31-21-9-3-16(4-10-21)13-18(14-25)23(28)27-20-7-11-22(12-8-20)32(26,29)30/h1-13H,15H2,(H,27,28)(H2,26,29,30)/b18-13-. The van der Waals surface area contributed by atoms with E-state index in [1.807, 2.05) is 6.07 Å². The Balaban J connectivity index is 1.64. The number of nitrogens with zero attached hydrogens (tertiary/aromatic N) is 1. The molecule has 0 aliphatic heterocycles. The zero-order valence-corrected chi connectivity index (χ0v) is 17.5. The maximum absolute atomic E-state index is 12.9. The Morgan fingerprint density at radius 3 is 2.22 bits per heavy atom. The molecule has 0 saturated carbocycles. The fourth-order valence-corrected chi connectivity index (χ4v) is 3.16. The summed E-state index contributed by atoms with van der Waals surface area (Å²) in [6, 6.07) is 19.8. The van der Waals surface area contributed by atoms with E-state index in [2.05, 4.69) is 5.32 Å². The van der Waals surface area contributed by atoms with Crippen LogP contribution in [0, 0.1) is 17.1 Å². The maximum atomic E-state index is 12.9. The molecule has 0 aromatic heterocycles. The van der Waals surface area contributed by atoms with Gasteiger partial charge >= 0.3 is 0 Å². The Hall–Kier alpha value is -4.00. The highest BCUT2D eigenvalue weighted by Gasteiger charge is 2.11. The van der Waals surface area contributed by atoms with Crippen LogP contribution in [0.1, 0.15) is 11.1 Å². The van der Waals surface area contributed by atoms with E-state index in [4.69, 9.17) is 9.88 Å². The second kappa shape index (κ2) is 9.87. The van der Waals surface area contributed by atoms with E-state index in [9.17, 15) is 22.9 Å². The van der Waals surface area contributed by atoms with Crippen molar-refractivity contribution >= 4 is 27.7 Å². The minimum Gasteiger partial charge on any atom is -0.489 e. The van der Waals surface area contributed by atoms with Gasteiger partial charge in [0.05, 0.1) is 4.90 Å². The number of benzene rings is 3. The summed E-state index contributed by atoms with van der Waals surface area (Å²) >= 11 is 0. The summed E-state index contributed by atoms with van der Waals surface area (Å²) in [5.41, 5.74) is 1.60. The molecule has 0 unspecified atom stereocenters. The number of amides is 1. The molecule has 0 radical (unpaired) electrons. The maximum Gasteiger partial charge on any atom is 0.266 e. The minimum absolute atomic E-state index is 0.0896. The SMILES string of the molecule is N#C/C(=C/c1ccc(OCc2ccc(F)cc2)cc1)C(=O)Nc1ccc(S(N)(=O)=O)cc1. The summed E-state index contributed by atoms with van der Waals surface area (Å²) in [5.74, 6) is -0.389. The normalized spacial score (nSPS) is 11.5. The summed E-state index contributed by atoms with van der Waals surface area (Å²) in [4.78, 5) is 12.3. The Morgan fingerprint density at radius 2 is 1.66 bits per heavy atom. The first-order chi connectivity index (χ1) is 15.2. The van der Waals surface area contributed by atoms with Crippen molar-refractivity contribution < 1.29 is 22.3 Å². The molecule has 7 nitrogen and oxygen atoms in total.